The first-order valence-corrected chi connectivity index (χ1v) is 9.89. The van der Waals surface area contributed by atoms with Crippen molar-refractivity contribution in [3.8, 4) is 11.5 Å². The Hall–Kier alpha value is -2.16. The molecule has 0 aliphatic carbocycles. The van der Waals surface area contributed by atoms with Gasteiger partial charge in [-0.15, -0.1) is 0 Å². The number of carbonyl (C=O) groups is 1. The van der Waals surface area contributed by atoms with Crippen LogP contribution in [0.5, 0.6) is 11.5 Å². The maximum absolute atomic E-state index is 12.4. The van der Waals surface area contributed by atoms with Crippen molar-refractivity contribution in [1.82, 2.24) is 5.32 Å². The molecule has 6 nitrogen and oxygen atoms in total. The Kier molecular flexibility index (Phi) is 8.69. The second-order valence-corrected chi connectivity index (χ2v) is 7.35. The van der Waals surface area contributed by atoms with Crippen LogP contribution in [0, 0.1) is 0 Å². The van der Waals surface area contributed by atoms with Crippen molar-refractivity contribution in [2.24, 2.45) is 0 Å². The number of methoxy groups -OCH3 is 1. The summed E-state index contributed by atoms with van der Waals surface area (Å²) in [6.07, 6.45) is 0.0459. The van der Waals surface area contributed by atoms with Crippen LogP contribution >= 0.6 is 28.1 Å². The molecule has 0 bridgehead atoms. The van der Waals surface area contributed by atoms with E-state index < -0.39 is 0 Å². The van der Waals surface area contributed by atoms with Gasteiger partial charge in [0.25, 0.3) is 5.91 Å². The third-order valence-electron chi connectivity index (χ3n) is 3.45. The molecule has 2 rings (SSSR count). The number of hydrogen-bond donors (Lipinski definition) is 2. The second kappa shape index (κ2) is 11.0. The molecular weight excluding hydrogens is 444 g/mol. The summed E-state index contributed by atoms with van der Waals surface area (Å²) in [5.74, 6) is 1.10. The summed E-state index contributed by atoms with van der Waals surface area (Å²) in [6.45, 7) is 4.88. The van der Waals surface area contributed by atoms with E-state index in [4.69, 9.17) is 26.4 Å². The minimum absolute atomic E-state index is 0.0459. The van der Waals surface area contributed by atoms with Gasteiger partial charge in [-0.05, 0) is 84.5 Å². The lowest BCUT2D eigenvalue weighted by atomic mass is 10.2. The number of benzene rings is 2. The lowest BCUT2D eigenvalue weighted by molar-refractivity contribution is 0.0977. The van der Waals surface area contributed by atoms with Crippen LogP contribution in [-0.2, 0) is 4.74 Å². The standard InChI is InChI=1S/C20H23BrN2O4S/c1-13(2)27-18-9-4-14(12-17(18)21)19(24)23-20(28)22-15-5-7-16(8-6-15)26-11-10-25-3/h4-9,12-13H,10-11H2,1-3H3,(H2,22,23,24,28). The fourth-order valence-corrected chi connectivity index (χ4v) is 2.89. The van der Waals surface area contributed by atoms with Gasteiger partial charge in [0.15, 0.2) is 5.11 Å². The summed E-state index contributed by atoms with van der Waals surface area (Å²) in [5.41, 5.74) is 1.21. The number of rotatable bonds is 8. The van der Waals surface area contributed by atoms with Crippen LogP contribution in [0.15, 0.2) is 46.9 Å². The molecule has 0 aliphatic rings. The molecule has 0 aromatic heterocycles. The Balaban J connectivity index is 1.90. The topological polar surface area (TPSA) is 68.8 Å². The van der Waals surface area contributed by atoms with Crippen LogP contribution in [0.25, 0.3) is 0 Å². The summed E-state index contributed by atoms with van der Waals surface area (Å²) in [4.78, 5) is 12.4. The molecule has 28 heavy (non-hydrogen) atoms. The molecule has 0 fully saturated rings. The summed E-state index contributed by atoms with van der Waals surface area (Å²) < 4.78 is 16.8. The minimum atomic E-state index is -0.311. The summed E-state index contributed by atoms with van der Waals surface area (Å²) >= 11 is 8.64. The number of amides is 1. The molecule has 0 saturated carbocycles. The molecule has 0 saturated heterocycles. The molecule has 2 N–H and O–H groups in total. The number of ether oxygens (including phenoxy) is 3. The SMILES string of the molecule is COCCOc1ccc(NC(=S)NC(=O)c2ccc(OC(C)C)c(Br)c2)cc1. The van der Waals surface area contributed by atoms with Gasteiger partial charge in [-0.3, -0.25) is 10.1 Å². The molecule has 0 heterocycles. The first kappa shape index (κ1) is 22.1. The number of hydrogen-bond acceptors (Lipinski definition) is 5. The van der Waals surface area contributed by atoms with E-state index in [1.165, 1.54) is 0 Å². The Bertz CT molecular complexity index is 812. The maximum atomic E-state index is 12.4. The quantitative estimate of drug-likeness (QED) is 0.444. The van der Waals surface area contributed by atoms with Gasteiger partial charge in [-0.25, -0.2) is 0 Å². The zero-order valence-corrected chi connectivity index (χ0v) is 18.4. The van der Waals surface area contributed by atoms with Gasteiger partial charge in [0.1, 0.15) is 18.1 Å². The van der Waals surface area contributed by atoms with Crippen LogP contribution < -0.4 is 20.1 Å². The average molecular weight is 467 g/mol. The highest BCUT2D eigenvalue weighted by molar-refractivity contribution is 9.10. The summed E-state index contributed by atoms with van der Waals surface area (Å²) in [5, 5.41) is 5.84. The molecule has 1 amide bonds. The highest BCUT2D eigenvalue weighted by atomic mass is 79.9. The molecular formula is C20H23BrN2O4S. The zero-order valence-electron chi connectivity index (χ0n) is 16.0. The van der Waals surface area contributed by atoms with E-state index in [1.807, 2.05) is 38.1 Å². The van der Waals surface area contributed by atoms with Gasteiger partial charge in [0.05, 0.1) is 17.2 Å². The molecule has 0 radical (unpaired) electrons. The highest BCUT2D eigenvalue weighted by Gasteiger charge is 2.12. The second-order valence-electron chi connectivity index (χ2n) is 6.09. The smallest absolute Gasteiger partial charge is 0.257 e. The Morgan fingerprint density at radius 1 is 1.14 bits per heavy atom. The van der Waals surface area contributed by atoms with E-state index >= 15 is 0 Å². The molecule has 0 aliphatic heterocycles. The van der Waals surface area contributed by atoms with E-state index in [2.05, 4.69) is 26.6 Å². The highest BCUT2D eigenvalue weighted by Crippen LogP contribution is 2.27. The normalized spacial score (nSPS) is 10.5. The monoisotopic (exact) mass is 466 g/mol. The van der Waals surface area contributed by atoms with Crippen molar-refractivity contribution < 1.29 is 19.0 Å². The van der Waals surface area contributed by atoms with Gasteiger partial charge >= 0.3 is 0 Å². The molecule has 2 aromatic carbocycles. The van der Waals surface area contributed by atoms with Crippen LogP contribution in [0.2, 0.25) is 0 Å². The van der Waals surface area contributed by atoms with Gasteiger partial charge in [-0.2, -0.15) is 0 Å². The van der Waals surface area contributed by atoms with Crippen LogP contribution in [0.4, 0.5) is 5.69 Å². The lowest BCUT2D eigenvalue weighted by Crippen LogP contribution is -2.34. The van der Waals surface area contributed by atoms with Gasteiger partial charge in [0.2, 0.25) is 0 Å². The summed E-state index contributed by atoms with van der Waals surface area (Å²) in [6, 6.07) is 12.4. The van der Waals surface area contributed by atoms with E-state index in [-0.39, 0.29) is 17.1 Å². The largest absolute Gasteiger partial charge is 0.491 e. The first-order chi connectivity index (χ1) is 13.4. The summed E-state index contributed by atoms with van der Waals surface area (Å²) in [7, 11) is 1.62. The number of anilines is 1. The zero-order chi connectivity index (χ0) is 20.5. The average Bonchev–Trinajstić information content (AvgIpc) is 2.64. The predicted octanol–water partition coefficient (Wildman–Crippen LogP) is 4.39. The number of nitrogens with one attached hydrogen (secondary N) is 2. The third kappa shape index (κ3) is 7.10. The van der Waals surface area contributed by atoms with Crippen molar-refractivity contribution in [1.29, 1.82) is 0 Å². The number of halogens is 1. The number of carbonyl (C=O) groups excluding carboxylic acids is 1. The van der Waals surface area contributed by atoms with E-state index in [0.29, 0.717) is 29.0 Å². The van der Waals surface area contributed by atoms with Crippen molar-refractivity contribution in [2.75, 3.05) is 25.6 Å². The van der Waals surface area contributed by atoms with Gasteiger partial charge in [0, 0.05) is 18.4 Å². The van der Waals surface area contributed by atoms with E-state index in [1.54, 1.807) is 25.3 Å². The Morgan fingerprint density at radius 2 is 1.86 bits per heavy atom. The first-order valence-electron chi connectivity index (χ1n) is 8.69. The maximum Gasteiger partial charge on any atom is 0.257 e. The van der Waals surface area contributed by atoms with Crippen LogP contribution in [0.1, 0.15) is 24.2 Å². The molecule has 8 heteroatoms. The van der Waals surface area contributed by atoms with Crippen molar-refractivity contribution in [3.63, 3.8) is 0 Å². The molecule has 0 spiro atoms. The van der Waals surface area contributed by atoms with Crippen molar-refractivity contribution >= 4 is 44.9 Å². The number of thiocarbonyl (C=S) groups is 1. The van der Waals surface area contributed by atoms with E-state index in [9.17, 15) is 4.79 Å². The molecule has 0 atom stereocenters. The van der Waals surface area contributed by atoms with Gasteiger partial charge < -0.3 is 19.5 Å². The van der Waals surface area contributed by atoms with Crippen molar-refractivity contribution in [2.45, 2.75) is 20.0 Å². The third-order valence-corrected chi connectivity index (χ3v) is 4.28. The Labute approximate surface area is 178 Å². The van der Waals surface area contributed by atoms with E-state index in [0.717, 1.165) is 11.4 Å². The molecule has 150 valence electrons. The fourth-order valence-electron chi connectivity index (χ4n) is 2.21. The van der Waals surface area contributed by atoms with Gasteiger partial charge in [-0.1, -0.05) is 0 Å². The lowest BCUT2D eigenvalue weighted by Gasteiger charge is -2.13. The fraction of sp³-hybridized carbons (Fsp3) is 0.300. The Morgan fingerprint density at radius 3 is 2.46 bits per heavy atom. The van der Waals surface area contributed by atoms with Crippen LogP contribution in [0.3, 0.4) is 0 Å². The minimum Gasteiger partial charge on any atom is -0.491 e. The predicted molar refractivity (Wildman–Crippen MR) is 117 cm³/mol. The van der Waals surface area contributed by atoms with Crippen molar-refractivity contribution in [3.05, 3.63) is 52.5 Å². The van der Waals surface area contributed by atoms with Crippen LogP contribution in [-0.4, -0.2) is 37.4 Å². The molecule has 2 aromatic rings. The molecule has 0 unspecified atom stereocenters.